The number of nitrogens with zero attached hydrogens (tertiary/aromatic N) is 1. The smallest absolute Gasteiger partial charge is 0.189 e. The number of aliphatic imine (C=N–C) groups is 1. The summed E-state index contributed by atoms with van der Waals surface area (Å²) in [5.74, 6) is 1.34. The van der Waals surface area contributed by atoms with Gasteiger partial charge in [0, 0.05) is 16.1 Å². The van der Waals surface area contributed by atoms with E-state index in [1.807, 2.05) is 18.2 Å². The van der Waals surface area contributed by atoms with E-state index >= 15 is 0 Å². The van der Waals surface area contributed by atoms with Gasteiger partial charge in [0.05, 0.1) is 13.7 Å². The molecule has 0 bridgehead atoms. The predicted octanol–water partition coefficient (Wildman–Crippen LogP) is 2.41. The van der Waals surface area contributed by atoms with Crippen molar-refractivity contribution in [2.45, 2.75) is 31.8 Å². The first-order valence-electron chi connectivity index (χ1n) is 6.08. The van der Waals surface area contributed by atoms with Gasteiger partial charge in [-0.1, -0.05) is 22.0 Å². The largest absolute Gasteiger partial charge is 0.496 e. The fourth-order valence-electron chi connectivity index (χ4n) is 1.83. The number of hydrogen-bond acceptors (Lipinski definition) is 2. The minimum absolute atomic E-state index is 0.514. The van der Waals surface area contributed by atoms with Crippen LogP contribution in [-0.4, -0.2) is 19.1 Å². The highest BCUT2D eigenvalue weighted by molar-refractivity contribution is 9.10. The number of guanidine groups is 1. The van der Waals surface area contributed by atoms with Crippen LogP contribution in [0.25, 0.3) is 0 Å². The van der Waals surface area contributed by atoms with Gasteiger partial charge >= 0.3 is 0 Å². The number of halogens is 1. The Bertz CT molecular complexity index is 444. The summed E-state index contributed by atoms with van der Waals surface area (Å²) in [6.07, 6.45) is 3.67. The van der Waals surface area contributed by atoms with E-state index in [1.54, 1.807) is 7.11 Å². The number of nitrogens with two attached hydrogens (primary N) is 1. The maximum absolute atomic E-state index is 5.84. The standard InChI is InChI=1S/C13H18BrN3O/c1-18-12-7-10(14)6-5-9(12)8-16-13(15)17-11-3-2-4-11/h5-7,11H,2-4,8H2,1H3,(H3,15,16,17). The third kappa shape index (κ3) is 3.38. The van der Waals surface area contributed by atoms with Crippen LogP contribution in [0.1, 0.15) is 24.8 Å². The van der Waals surface area contributed by atoms with Crippen LogP contribution in [0.2, 0.25) is 0 Å². The monoisotopic (exact) mass is 311 g/mol. The van der Waals surface area contributed by atoms with Crippen LogP contribution in [-0.2, 0) is 6.54 Å². The van der Waals surface area contributed by atoms with E-state index in [4.69, 9.17) is 10.5 Å². The molecule has 98 valence electrons. The molecule has 0 aliphatic heterocycles. The average molecular weight is 312 g/mol. The molecule has 0 radical (unpaired) electrons. The molecule has 0 amide bonds. The van der Waals surface area contributed by atoms with E-state index < -0.39 is 0 Å². The number of hydrogen-bond donors (Lipinski definition) is 2. The molecule has 3 N–H and O–H groups in total. The highest BCUT2D eigenvalue weighted by atomic mass is 79.9. The van der Waals surface area contributed by atoms with E-state index in [9.17, 15) is 0 Å². The van der Waals surface area contributed by atoms with Crippen molar-refractivity contribution < 1.29 is 4.74 Å². The zero-order valence-electron chi connectivity index (χ0n) is 10.4. The van der Waals surface area contributed by atoms with Gasteiger partial charge in [0.25, 0.3) is 0 Å². The summed E-state index contributed by atoms with van der Waals surface area (Å²) in [5.41, 5.74) is 6.87. The molecule has 4 nitrogen and oxygen atoms in total. The molecule has 1 saturated carbocycles. The molecular formula is C13H18BrN3O. The van der Waals surface area contributed by atoms with Crippen molar-refractivity contribution in [2.75, 3.05) is 7.11 Å². The molecule has 1 fully saturated rings. The molecule has 5 heteroatoms. The predicted molar refractivity (Wildman–Crippen MR) is 76.8 cm³/mol. The molecule has 0 atom stereocenters. The van der Waals surface area contributed by atoms with Crippen molar-refractivity contribution in [1.29, 1.82) is 0 Å². The van der Waals surface area contributed by atoms with Gasteiger partial charge in [-0.2, -0.15) is 0 Å². The van der Waals surface area contributed by atoms with Gasteiger partial charge in [-0.15, -0.1) is 0 Å². The Morgan fingerprint density at radius 1 is 1.56 bits per heavy atom. The van der Waals surface area contributed by atoms with E-state index in [0.29, 0.717) is 18.5 Å². The van der Waals surface area contributed by atoms with Gasteiger partial charge < -0.3 is 15.8 Å². The number of nitrogens with one attached hydrogen (secondary N) is 1. The highest BCUT2D eigenvalue weighted by Gasteiger charge is 2.17. The van der Waals surface area contributed by atoms with Crippen molar-refractivity contribution in [1.82, 2.24) is 5.32 Å². The SMILES string of the molecule is COc1cc(Br)ccc1CN=C(N)NC1CCC1. The first kappa shape index (κ1) is 13.2. The van der Waals surface area contributed by atoms with Gasteiger partial charge in [-0.3, -0.25) is 0 Å². The molecule has 1 aromatic rings. The maximum Gasteiger partial charge on any atom is 0.189 e. The fraction of sp³-hybridized carbons (Fsp3) is 0.462. The third-order valence-corrected chi connectivity index (χ3v) is 3.62. The highest BCUT2D eigenvalue weighted by Crippen LogP contribution is 2.24. The molecule has 1 aliphatic rings. The molecule has 0 heterocycles. The first-order chi connectivity index (χ1) is 8.69. The lowest BCUT2D eigenvalue weighted by Gasteiger charge is -2.26. The summed E-state index contributed by atoms with van der Waals surface area (Å²) in [4.78, 5) is 4.34. The van der Waals surface area contributed by atoms with Gasteiger partial charge in [-0.25, -0.2) is 4.99 Å². The van der Waals surface area contributed by atoms with Gasteiger partial charge in [0.2, 0.25) is 0 Å². The zero-order valence-corrected chi connectivity index (χ0v) is 12.0. The van der Waals surface area contributed by atoms with E-state index in [0.717, 1.165) is 15.8 Å². The minimum atomic E-state index is 0.514. The van der Waals surface area contributed by atoms with Crippen LogP contribution in [0.15, 0.2) is 27.7 Å². The minimum Gasteiger partial charge on any atom is -0.496 e. The quantitative estimate of drug-likeness (QED) is 0.663. The third-order valence-electron chi connectivity index (χ3n) is 3.13. The number of methoxy groups -OCH3 is 1. The molecular weight excluding hydrogens is 294 g/mol. The Balaban J connectivity index is 1.97. The normalized spacial score (nSPS) is 16.2. The van der Waals surface area contributed by atoms with Crippen LogP contribution >= 0.6 is 15.9 Å². The van der Waals surface area contributed by atoms with Crippen molar-refractivity contribution in [2.24, 2.45) is 10.7 Å². The summed E-state index contributed by atoms with van der Waals surface area (Å²) in [6, 6.07) is 6.41. The summed E-state index contributed by atoms with van der Waals surface area (Å²) in [7, 11) is 1.66. The van der Waals surface area contributed by atoms with Crippen molar-refractivity contribution in [3.05, 3.63) is 28.2 Å². The average Bonchev–Trinajstić information content (AvgIpc) is 2.32. The summed E-state index contributed by atoms with van der Waals surface area (Å²) in [5, 5.41) is 3.21. The van der Waals surface area contributed by atoms with Crippen LogP contribution in [0.3, 0.4) is 0 Å². The number of rotatable bonds is 4. The van der Waals surface area contributed by atoms with Crippen molar-refractivity contribution >= 4 is 21.9 Å². The Morgan fingerprint density at radius 3 is 2.94 bits per heavy atom. The van der Waals surface area contributed by atoms with Gasteiger partial charge in [0.1, 0.15) is 5.75 Å². The zero-order chi connectivity index (χ0) is 13.0. The van der Waals surface area contributed by atoms with E-state index in [1.165, 1.54) is 19.3 Å². The molecule has 1 aromatic carbocycles. The number of benzene rings is 1. The van der Waals surface area contributed by atoms with E-state index in [-0.39, 0.29) is 0 Å². The Kier molecular flexibility index (Phi) is 4.47. The van der Waals surface area contributed by atoms with Crippen LogP contribution < -0.4 is 15.8 Å². The van der Waals surface area contributed by atoms with Crippen molar-refractivity contribution in [3.8, 4) is 5.75 Å². The Hall–Kier alpha value is -1.23. The second-order valence-electron chi connectivity index (χ2n) is 4.43. The molecule has 18 heavy (non-hydrogen) atoms. The summed E-state index contributed by atoms with van der Waals surface area (Å²) < 4.78 is 6.30. The second-order valence-corrected chi connectivity index (χ2v) is 5.35. The topological polar surface area (TPSA) is 59.6 Å². The molecule has 0 unspecified atom stereocenters. The van der Waals surface area contributed by atoms with E-state index in [2.05, 4.69) is 26.2 Å². The maximum atomic E-state index is 5.84. The van der Waals surface area contributed by atoms with Gasteiger partial charge in [0.15, 0.2) is 5.96 Å². The van der Waals surface area contributed by atoms with Gasteiger partial charge in [-0.05, 0) is 31.4 Å². The first-order valence-corrected chi connectivity index (χ1v) is 6.87. The molecule has 0 saturated heterocycles. The Labute approximate surface area is 116 Å². The molecule has 1 aliphatic carbocycles. The molecule has 2 rings (SSSR count). The molecule has 0 aromatic heterocycles. The van der Waals surface area contributed by atoms with Crippen molar-refractivity contribution in [3.63, 3.8) is 0 Å². The van der Waals surface area contributed by atoms with Crippen LogP contribution in [0.4, 0.5) is 0 Å². The van der Waals surface area contributed by atoms with Crippen LogP contribution in [0, 0.1) is 0 Å². The lowest BCUT2D eigenvalue weighted by atomic mass is 9.93. The van der Waals surface area contributed by atoms with Crippen LogP contribution in [0.5, 0.6) is 5.75 Å². The summed E-state index contributed by atoms with van der Waals surface area (Å²) in [6.45, 7) is 0.530. The number of ether oxygens (including phenoxy) is 1. The summed E-state index contributed by atoms with van der Waals surface area (Å²) >= 11 is 3.41. The Morgan fingerprint density at radius 2 is 2.33 bits per heavy atom. The second kappa shape index (κ2) is 6.09. The fourth-order valence-corrected chi connectivity index (χ4v) is 2.17. The molecule has 0 spiro atoms. The lowest BCUT2D eigenvalue weighted by molar-refractivity contribution is 0.382. The lowest BCUT2D eigenvalue weighted by Crippen LogP contribution is -2.43.